The molecule has 2 aliphatic heterocycles. The number of primary amides is 1. The molecule has 0 saturated carbocycles. The molecule has 0 atom stereocenters. The Kier molecular flexibility index (Phi) is 4.93. The molecule has 0 aliphatic carbocycles. The third-order valence-electron chi connectivity index (χ3n) is 6.33. The predicted octanol–water partition coefficient (Wildman–Crippen LogP) is 2.70. The van der Waals surface area contributed by atoms with E-state index in [1.165, 1.54) is 4.68 Å². The van der Waals surface area contributed by atoms with Crippen LogP contribution in [0.5, 0.6) is 5.75 Å². The van der Waals surface area contributed by atoms with Gasteiger partial charge in [0.15, 0.2) is 8.52 Å². The van der Waals surface area contributed by atoms with E-state index in [-0.39, 0.29) is 28.9 Å². The Bertz CT molecular complexity index is 1320. The Morgan fingerprint density at radius 1 is 0.941 bits per heavy atom. The number of methoxy groups -OCH3 is 1. The molecule has 3 amide bonds. The lowest BCUT2D eigenvalue weighted by atomic mass is 10.0. The minimum absolute atomic E-state index is 0.0293. The van der Waals surface area contributed by atoms with Gasteiger partial charge in [0.05, 0.1) is 12.8 Å². The molecule has 1 saturated heterocycles. The van der Waals surface area contributed by atoms with Gasteiger partial charge in [-0.1, -0.05) is 0 Å². The first kappa shape index (κ1) is 19.3. The van der Waals surface area contributed by atoms with Crippen LogP contribution in [0.3, 0.4) is 0 Å². The number of benzene rings is 2. The fourth-order valence-corrected chi connectivity index (χ4v) is 4.58. The Morgan fingerprint density at radius 3 is 2.26 bits per heavy atom. The van der Waals surface area contributed by atoms with Gasteiger partial charge in [0.1, 0.15) is 11.4 Å². The Hall–Kier alpha value is -4.14. The topological polar surface area (TPSA) is 111 Å². The number of hydrogen-bond donors (Lipinski definition) is 1. The average molecular weight is 462 g/mol. The molecule has 34 heavy (non-hydrogen) atoms. The van der Waals surface area contributed by atoms with E-state index in [0.717, 1.165) is 18.5 Å². The number of amides is 3. The third kappa shape index (κ3) is 3.68. The van der Waals surface area contributed by atoms with Crippen LogP contribution in [-0.4, -0.2) is 47.7 Å². The third-order valence-corrected chi connectivity index (χ3v) is 6.33. The summed E-state index contributed by atoms with van der Waals surface area (Å²) < 4.78 is 21.4. The van der Waals surface area contributed by atoms with Crippen LogP contribution < -0.4 is 20.3 Å². The number of rotatable bonds is 5. The van der Waals surface area contributed by atoms with Crippen LogP contribution in [0.4, 0.5) is 11.4 Å². The van der Waals surface area contributed by atoms with Crippen LogP contribution in [-0.2, 0) is 11.2 Å². The van der Waals surface area contributed by atoms with E-state index in [4.69, 9.17) is 7.56 Å². The van der Waals surface area contributed by atoms with Gasteiger partial charge in [-0.15, -0.1) is 0 Å². The van der Waals surface area contributed by atoms with Gasteiger partial charge in [-0.05, 0) is 67.8 Å². The van der Waals surface area contributed by atoms with Crippen molar-refractivity contribution in [3.8, 4) is 11.4 Å². The summed E-state index contributed by atoms with van der Waals surface area (Å²) in [5.74, 6) is -0.525. The van der Waals surface area contributed by atoms with Gasteiger partial charge in [-0.25, -0.2) is 4.68 Å². The molecule has 0 radical (unpaired) electrons. The zero-order valence-electron chi connectivity index (χ0n) is 20.7. The van der Waals surface area contributed by atoms with Crippen LogP contribution in [0.1, 0.15) is 45.8 Å². The number of piperidine rings is 1. The Balaban J connectivity index is 1.51. The molecule has 5 rings (SSSR count). The van der Waals surface area contributed by atoms with Crippen LogP contribution >= 0.6 is 0 Å². The molecule has 3 heterocycles. The highest BCUT2D eigenvalue weighted by Crippen LogP contribution is 2.31. The lowest BCUT2D eigenvalue weighted by Crippen LogP contribution is -2.39. The van der Waals surface area contributed by atoms with Crippen molar-refractivity contribution in [2.75, 3.05) is 30.0 Å². The van der Waals surface area contributed by atoms with Gasteiger partial charge in [0.25, 0.3) is 11.8 Å². The molecule has 9 heteroatoms. The maximum absolute atomic E-state index is 13.7. The minimum Gasteiger partial charge on any atom is -0.497 e. The second kappa shape index (κ2) is 8.66. The number of carbonyl (C=O) groups excluding carboxylic acids is 3. The summed E-state index contributed by atoms with van der Waals surface area (Å²) in [6, 6.07) is 14.2. The largest absolute Gasteiger partial charge is 0.497 e. The predicted molar refractivity (Wildman–Crippen MR) is 127 cm³/mol. The molecular formula is C25H25N5O4. The summed E-state index contributed by atoms with van der Waals surface area (Å²) in [6.45, 7) is 0.990. The van der Waals surface area contributed by atoms with Crippen molar-refractivity contribution in [1.29, 1.82) is 0 Å². The average Bonchev–Trinajstić information content (AvgIpc) is 3.29. The highest BCUT2D eigenvalue weighted by atomic mass is 16.5. The summed E-state index contributed by atoms with van der Waals surface area (Å²) in [7, 11) is 1.55. The van der Waals surface area contributed by atoms with Crippen molar-refractivity contribution in [1.82, 2.24) is 9.78 Å². The minimum atomic E-state index is -0.907. The standard InChI is InChI=1S/C25H25N5O4/c1-34-19-11-9-18(10-12-19)30-23-20(22(27-30)24(26)32)13-15-29(25(23)33)17-7-5-16(6-8-17)28-14-3-2-4-21(28)31/h5-12H,2-4,13-15H2,1H3,(H2,26,32)/i/hD2. The van der Waals surface area contributed by atoms with E-state index in [1.807, 2.05) is 24.3 Å². The van der Waals surface area contributed by atoms with Gasteiger partial charge in [0.2, 0.25) is 5.91 Å². The molecule has 2 N–H and O–H groups in total. The molecule has 3 aromatic rings. The molecule has 2 aliphatic rings. The van der Waals surface area contributed by atoms with E-state index in [0.29, 0.717) is 48.6 Å². The molecule has 0 bridgehead atoms. The first-order chi connectivity index (χ1) is 17.4. The van der Waals surface area contributed by atoms with Crippen molar-refractivity contribution in [2.45, 2.75) is 25.7 Å². The molecule has 1 fully saturated rings. The van der Waals surface area contributed by atoms with Crippen molar-refractivity contribution < 1.29 is 21.9 Å². The molecule has 0 unspecified atom stereocenters. The first-order valence-corrected chi connectivity index (χ1v) is 11.2. The van der Waals surface area contributed by atoms with Crippen LogP contribution in [0.15, 0.2) is 48.5 Å². The van der Waals surface area contributed by atoms with Gasteiger partial charge in [-0.3, -0.25) is 14.4 Å². The Labute approximate surface area is 199 Å². The van der Waals surface area contributed by atoms with E-state index in [2.05, 4.69) is 5.10 Å². The number of hydrogen-bond acceptors (Lipinski definition) is 5. The van der Waals surface area contributed by atoms with E-state index < -0.39 is 5.91 Å². The number of aromatic nitrogens is 2. The number of ether oxygens (including phenoxy) is 1. The summed E-state index contributed by atoms with van der Waals surface area (Å²) >= 11 is 0. The zero-order valence-corrected chi connectivity index (χ0v) is 18.7. The molecule has 1 aromatic heterocycles. The summed E-state index contributed by atoms with van der Waals surface area (Å²) in [5, 5.41) is 4.35. The van der Waals surface area contributed by atoms with Crippen molar-refractivity contribution in [3.05, 3.63) is 65.5 Å². The van der Waals surface area contributed by atoms with Gasteiger partial charge >= 0.3 is 0 Å². The van der Waals surface area contributed by atoms with Crippen molar-refractivity contribution in [2.24, 2.45) is 5.72 Å². The van der Waals surface area contributed by atoms with Crippen molar-refractivity contribution in [3.63, 3.8) is 0 Å². The van der Waals surface area contributed by atoms with Gasteiger partial charge in [-0.2, -0.15) is 5.10 Å². The second-order valence-corrected chi connectivity index (χ2v) is 8.32. The quantitative estimate of drug-likeness (QED) is 0.628. The number of anilines is 2. The lowest BCUT2D eigenvalue weighted by molar-refractivity contribution is -0.119. The number of nitrogens with zero attached hydrogens (tertiary/aromatic N) is 4. The molecule has 2 aromatic carbocycles. The van der Waals surface area contributed by atoms with Gasteiger partial charge < -0.3 is 20.3 Å². The smallest absolute Gasteiger partial charge is 0.277 e. The highest BCUT2D eigenvalue weighted by Gasteiger charge is 2.34. The van der Waals surface area contributed by atoms with E-state index in [9.17, 15) is 14.4 Å². The van der Waals surface area contributed by atoms with Crippen LogP contribution in [0, 0.1) is 0 Å². The zero-order chi connectivity index (χ0) is 25.4. The lowest BCUT2D eigenvalue weighted by Gasteiger charge is -2.29. The number of nitrogens with two attached hydrogens (primary N) is 1. The van der Waals surface area contributed by atoms with Crippen LogP contribution in [0.25, 0.3) is 5.69 Å². The summed E-state index contributed by atoms with van der Waals surface area (Å²) in [4.78, 5) is 41.9. The maximum Gasteiger partial charge on any atom is 0.277 e. The number of carbonyl (C=O) groups is 3. The van der Waals surface area contributed by atoms with E-state index >= 15 is 0 Å². The highest BCUT2D eigenvalue weighted by molar-refractivity contribution is 6.09. The summed E-state index contributed by atoms with van der Waals surface area (Å²) in [5.41, 5.74) is 2.52. The SMILES string of the molecule is [2H]N([2H])C(=O)c1nn(-c2ccc(OC)cc2)c2c1CCN(c1ccc(N3CCCCC3=O)cc1)C2=O. The fourth-order valence-electron chi connectivity index (χ4n) is 4.58. The van der Waals surface area contributed by atoms with E-state index in [1.54, 1.807) is 41.2 Å². The monoisotopic (exact) mass is 461 g/mol. The maximum atomic E-state index is 13.7. The van der Waals surface area contributed by atoms with Crippen LogP contribution in [0.2, 0.25) is 2.82 Å². The number of fused-ring (bicyclic) bond motifs is 1. The van der Waals surface area contributed by atoms with Gasteiger partial charge in [0, 0.05) is 36.4 Å². The Morgan fingerprint density at radius 2 is 1.62 bits per heavy atom. The molecule has 174 valence electrons. The second-order valence-electron chi connectivity index (χ2n) is 8.32. The van der Waals surface area contributed by atoms with Crippen molar-refractivity contribution >= 4 is 29.1 Å². The fraction of sp³-hybridized carbons (Fsp3) is 0.280. The normalized spacial score (nSPS) is 16.6. The summed E-state index contributed by atoms with van der Waals surface area (Å²) in [6.07, 6.45) is 2.74. The molecular weight excluding hydrogens is 434 g/mol. The molecule has 0 spiro atoms. The molecule has 9 nitrogen and oxygen atoms in total. The first-order valence-electron chi connectivity index (χ1n) is 12.1.